The molecule has 1 aromatic carbocycles. The molecule has 5 nitrogen and oxygen atoms in total. The minimum absolute atomic E-state index is 0.0545. The second kappa shape index (κ2) is 6.94. The number of aromatic nitrogens is 2. The standard InChI is InChI=1S/C16H18F3N3O2/c1-11(2)22-13(8-9-20-22)15(23)21(10-16(17,18)19)12-6-4-5-7-14(12)24-3/h4-9,11H,10H2,1-3H3. The summed E-state index contributed by atoms with van der Waals surface area (Å²) >= 11 is 0. The second-order valence-electron chi connectivity index (χ2n) is 5.43. The Morgan fingerprint density at radius 2 is 1.96 bits per heavy atom. The quantitative estimate of drug-likeness (QED) is 0.833. The molecule has 2 aromatic rings. The molecule has 0 radical (unpaired) electrons. The molecule has 2 rings (SSSR count). The van der Waals surface area contributed by atoms with Crippen LogP contribution in [0.5, 0.6) is 5.75 Å². The highest BCUT2D eigenvalue weighted by Crippen LogP contribution is 2.31. The second-order valence-corrected chi connectivity index (χ2v) is 5.43. The predicted octanol–water partition coefficient (Wildman–Crippen LogP) is 3.68. The van der Waals surface area contributed by atoms with Gasteiger partial charge in [0.25, 0.3) is 5.91 Å². The Morgan fingerprint density at radius 1 is 1.29 bits per heavy atom. The first-order valence-electron chi connectivity index (χ1n) is 7.29. The van der Waals surface area contributed by atoms with E-state index in [2.05, 4.69) is 5.10 Å². The molecule has 24 heavy (non-hydrogen) atoms. The minimum atomic E-state index is -4.56. The van der Waals surface area contributed by atoms with E-state index in [-0.39, 0.29) is 23.2 Å². The lowest BCUT2D eigenvalue weighted by molar-refractivity contribution is -0.118. The smallest absolute Gasteiger partial charge is 0.406 e. The van der Waals surface area contributed by atoms with E-state index in [0.29, 0.717) is 4.90 Å². The molecule has 0 spiro atoms. The van der Waals surface area contributed by atoms with E-state index in [0.717, 1.165) is 0 Å². The van der Waals surface area contributed by atoms with Crippen molar-refractivity contribution < 1.29 is 22.7 Å². The average Bonchev–Trinajstić information content (AvgIpc) is 3.01. The van der Waals surface area contributed by atoms with Gasteiger partial charge >= 0.3 is 6.18 Å². The summed E-state index contributed by atoms with van der Waals surface area (Å²) in [6.45, 7) is 2.16. The third-order valence-corrected chi connectivity index (χ3v) is 3.34. The Hall–Kier alpha value is -2.51. The van der Waals surface area contributed by atoms with Gasteiger partial charge < -0.3 is 4.74 Å². The summed E-state index contributed by atoms with van der Waals surface area (Å²) in [5.41, 5.74) is 0.138. The monoisotopic (exact) mass is 341 g/mol. The molecular formula is C16H18F3N3O2. The number of amides is 1. The van der Waals surface area contributed by atoms with Crippen molar-refractivity contribution in [2.45, 2.75) is 26.1 Å². The summed E-state index contributed by atoms with van der Waals surface area (Å²) in [7, 11) is 1.34. The normalized spacial score (nSPS) is 11.6. The summed E-state index contributed by atoms with van der Waals surface area (Å²) in [6.07, 6.45) is -3.17. The van der Waals surface area contributed by atoms with E-state index in [4.69, 9.17) is 4.74 Å². The van der Waals surface area contributed by atoms with Crippen LogP contribution in [-0.2, 0) is 0 Å². The van der Waals surface area contributed by atoms with Crippen molar-refractivity contribution in [3.05, 3.63) is 42.2 Å². The topological polar surface area (TPSA) is 47.4 Å². The number of hydrogen-bond acceptors (Lipinski definition) is 3. The van der Waals surface area contributed by atoms with Crippen LogP contribution in [0.2, 0.25) is 0 Å². The number of halogens is 3. The minimum Gasteiger partial charge on any atom is -0.495 e. The summed E-state index contributed by atoms with van der Waals surface area (Å²) < 4.78 is 45.6. The first kappa shape index (κ1) is 17.8. The Balaban J connectivity index is 2.50. The van der Waals surface area contributed by atoms with Crippen molar-refractivity contribution in [3.63, 3.8) is 0 Å². The lowest BCUT2D eigenvalue weighted by Crippen LogP contribution is -2.40. The number of nitrogens with zero attached hydrogens (tertiary/aromatic N) is 3. The SMILES string of the molecule is COc1ccccc1N(CC(F)(F)F)C(=O)c1ccnn1C(C)C. The molecule has 0 saturated heterocycles. The van der Waals surface area contributed by atoms with E-state index in [1.165, 1.54) is 36.2 Å². The van der Waals surface area contributed by atoms with Gasteiger partial charge in [-0.1, -0.05) is 12.1 Å². The number of anilines is 1. The largest absolute Gasteiger partial charge is 0.495 e. The molecule has 0 aliphatic rings. The van der Waals surface area contributed by atoms with Crippen molar-refractivity contribution in [3.8, 4) is 5.75 Å². The number of hydrogen-bond donors (Lipinski definition) is 0. The van der Waals surface area contributed by atoms with Crippen LogP contribution in [0.4, 0.5) is 18.9 Å². The Bertz CT molecular complexity index is 711. The van der Waals surface area contributed by atoms with Crippen LogP contribution >= 0.6 is 0 Å². The lowest BCUT2D eigenvalue weighted by atomic mass is 10.2. The number of methoxy groups -OCH3 is 1. The fourth-order valence-electron chi connectivity index (χ4n) is 2.33. The summed E-state index contributed by atoms with van der Waals surface area (Å²) in [4.78, 5) is 13.4. The number of carbonyl (C=O) groups is 1. The first-order valence-corrected chi connectivity index (χ1v) is 7.29. The highest BCUT2D eigenvalue weighted by molar-refractivity contribution is 6.05. The molecule has 0 N–H and O–H groups in total. The highest BCUT2D eigenvalue weighted by Gasteiger charge is 2.36. The summed E-state index contributed by atoms with van der Waals surface area (Å²) in [5, 5.41) is 4.01. The summed E-state index contributed by atoms with van der Waals surface area (Å²) in [6, 6.07) is 7.33. The van der Waals surface area contributed by atoms with Gasteiger partial charge in [0, 0.05) is 12.2 Å². The molecule has 0 unspecified atom stereocenters. The van der Waals surface area contributed by atoms with Gasteiger partial charge in [-0.05, 0) is 32.0 Å². The van der Waals surface area contributed by atoms with Crippen LogP contribution in [0, 0.1) is 0 Å². The molecule has 0 bridgehead atoms. The third-order valence-electron chi connectivity index (χ3n) is 3.34. The molecule has 0 aliphatic carbocycles. The molecule has 0 fully saturated rings. The maximum absolute atomic E-state index is 13.0. The van der Waals surface area contributed by atoms with E-state index in [1.54, 1.807) is 26.0 Å². The number of carbonyl (C=O) groups excluding carboxylic acids is 1. The predicted molar refractivity (Wildman–Crippen MR) is 83.3 cm³/mol. The van der Waals surface area contributed by atoms with E-state index < -0.39 is 18.6 Å². The Labute approximate surface area is 137 Å². The van der Waals surface area contributed by atoms with Crippen LogP contribution in [0.3, 0.4) is 0 Å². The van der Waals surface area contributed by atoms with Crippen molar-refractivity contribution in [2.24, 2.45) is 0 Å². The maximum atomic E-state index is 13.0. The van der Waals surface area contributed by atoms with Crippen molar-refractivity contribution >= 4 is 11.6 Å². The molecule has 1 heterocycles. The van der Waals surface area contributed by atoms with Gasteiger partial charge in [0.15, 0.2) is 0 Å². The molecule has 0 atom stereocenters. The molecule has 130 valence electrons. The maximum Gasteiger partial charge on any atom is 0.406 e. The van der Waals surface area contributed by atoms with Gasteiger partial charge in [-0.15, -0.1) is 0 Å². The number of alkyl halides is 3. The van der Waals surface area contributed by atoms with Crippen molar-refractivity contribution in [2.75, 3.05) is 18.6 Å². The van der Waals surface area contributed by atoms with Gasteiger partial charge in [-0.25, -0.2) is 0 Å². The van der Waals surface area contributed by atoms with E-state index in [9.17, 15) is 18.0 Å². The Morgan fingerprint density at radius 3 is 2.54 bits per heavy atom. The van der Waals surface area contributed by atoms with E-state index in [1.807, 2.05) is 0 Å². The number of ether oxygens (including phenoxy) is 1. The molecule has 1 aromatic heterocycles. The highest BCUT2D eigenvalue weighted by atomic mass is 19.4. The summed E-state index contributed by atoms with van der Waals surface area (Å²) in [5.74, 6) is -0.603. The van der Waals surface area contributed by atoms with Gasteiger partial charge in [-0.2, -0.15) is 18.3 Å². The molecule has 0 saturated carbocycles. The zero-order valence-electron chi connectivity index (χ0n) is 13.5. The van der Waals surface area contributed by atoms with Crippen LogP contribution in [0.25, 0.3) is 0 Å². The molecular weight excluding hydrogens is 323 g/mol. The number of rotatable bonds is 5. The van der Waals surface area contributed by atoms with Crippen LogP contribution < -0.4 is 9.64 Å². The fraction of sp³-hybridized carbons (Fsp3) is 0.375. The molecule has 0 aliphatic heterocycles. The van der Waals surface area contributed by atoms with Gasteiger partial charge in [-0.3, -0.25) is 14.4 Å². The van der Waals surface area contributed by atoms with Gasteiger partial charge in [0.1, 0.15) is 18.0 Å². The molecule has 1 amide bonds. The lowest BCUT2D eigenvalue weighted by Gasteiger charge is -2.26. The number of benzene rings is 1. The number of para-hydroxylation sites is 2. The third kappa shape index (κ3) is 3.87. The zero-order valence-corrected chi connectivity index (χ0v) is 13.5. The van der Waals surface area contributed by atoms with Crippen LogP contribution in [0.15, 0.2) is 36.5 Å². The van der Waals surface area contributed by atoms with Crippen LogP contribution in [0.1, 0.15) is 30.4 Å². The molecule has 8 heteroatoms. The fourth-order valence-corrected chi connectivity index (χ4v) is 2.33. The van der Waals surface area contributed by atoms with E-state index >= 15 is 0 Å². The van der Waals surface area contributed by atoms with Crippen molar-refractivity contribution in [1.29, 1.82) is 0 Å². The Kier molecular flexibility index (Phi) is 5.16. The zero-order chi connectivity index (χ0) is 17.9. The first-order chi connectivity index (χ1) is 11.2. The van der Waals surface area contributed by atoms with Crippen LogP contribution in [-0.4, -0.2) is 35.5 Å². The van der Waals surface area contributed by atoms with Gasteiger partial charge in [0.2, 0.25) is 0 Å². The van der Waals surface area contributed by atoms with Crippen molar-refractivity contribution in [1.82, 2.24) is 9.78 Å². The average molecular weight is 341 g/mol. The van der Waals surface area contributed by atoms with Gasteiger partial charge in [0.05, 0.1) is 12.8 Å².